The standard InChI is InChI=1S/C17H27NO2/c1-5-7-10-13-17(4,16(19)20-6-2)18-15-12-9-8-11-14(15)3/h8-9,11-12,18H,5-7,10,13H2,1-4H3. The number of hydrogen-bond donors (Lipinski definition) is 1. The van der Waals surface area contributed by atoms with E-state index in [0.717, 1.165) is 36.9 Å². The van der Waals surface area contributed by atoms with Gasteiger partial charge in [0.25, 0.3) is 0 Å². The average molecular weight is 277 g/mol. The number of para-hydroxylation sites is 1. The molecule has 20 heavy (non-hydrogen) atoms. The summed E-state index contributed by atoms with van der Waals surface area (Å²) in [5.74, 6) is -0.167. The number of hydrogen-bond acceptors (Lipinski definition) is 3. The largest absolute Gasteiger partial charge is 0.464 e. The molecule has 0 aliphatic carbocycles. The van der Waals surface area contributed by atoms with Gasteiger partial charge in [-0.1, -0.05) is 44.4 Å². The molecule has 1 aromatic carbocycles. The third-order valence-electron chi connectivity index (χ3n) is 3.56. The summed E-state index contributed by atoms with van der Waals surface area (Å²) in [6, 6.07) is 8.03. The van der Waals surface area contributed by atoms with E-state index in [9.17, 15) is 4.79 Å². The smallest absolute Gasteiger partial charge is 0.331 e. The van der Waals surface area contributed by atoms with Crippen molar-refractivity contribution >= 4 is 11.7 Å². The summed E-state index contributed by atoms with van der Waals surface area (Å²) >= 11 is 0. The van der Waals surface area contributed by atoms with Crippen LogP contribution in [0.1, 0.15) is 52.0 Å². The quantitative estimate of drug-likeness (QED) is 0.568. The van der Waals surface area contributed by atoms with Crippen molar-refractivity contribution in [2.45, 2.75) is 58.9 Å². The minimum Gasteiger partial charge on any atom is -0.464 e. The molecule has 0 aliphatic rings. The summed E-state index contributed by atoms with van der Waals surface area (Å²) in [5.41, 5.74) is 1.48. The van der Waals surface area contributed by atoms with Crippen LogP contribution in [0.15, 0.2) is 24.3 Å². The summed E-state index contributed by atoms with van der Waals surface area (Å²) in [6.07, 6.45) is 4.08. The van der Waals surface area contributed by atoms with Crippen molar-refractivity contribution in [3.63, 3.8) is 0 Å². The lowest BCUT2D eigenvalue weighted by atomic mass is 9.93. The first-order valence-corrected chi connectivity index (χ1v) is 7.54. The van der Waals surface area contributed by atoms with E-state index in [2.05, 4.69) is 12.2 Å². The first kappa shape index (κ1) is 16.5. The van der Waals surface area contributed by atoms with E-state index >= 15 is 0 Å². The number of anilines is 1. The van der Waals surface area contributed by atoms with Crippen molar-refractivity contribution in [2.24, 2.45) is 0 Å². The number of aryl methyl sites for hydroxylation is 1. The molecule has 0 bridgehead atoms. The minimum atomic E-state index is -0.655. The zero-order valence-corrected chi connectivity index (χ0v) is 13.2. The molecule has 0 saturated carbocycles. The van der Waals surface area contributed by atoms with E-state index in [1.807, 2.05) is 45.0 Å². The Kier molecular flexibility index (Phi) is 6.56. The third kappa shape index (κ3) is 4.55. The van der Waals surface area contributed by atoms with Gasteiger partial charge in [0, 0.05) is 5.69 Å². The molecule has 0 aliphatic heterocycles. The summed E-state index contributed by atoms with van der Waals surface area (Å²) < 4.78 is 5.25. The van der Waals surface area contributed by atoms with Crippen LogP contribution in [-0.2, 0) is 9.53 Å². The number of benzene rings is 1. The SMILES string of the molecule is CCCCCC(C)(Nc1ccccc1C)C(=O)OCC. The fourth-order valence-electron chi connectivity index (χ4n) is 2.24. The van der Waals surface area contributed by atoms with Gasteiger partial charge in [-0.25, -0.2) is 4.79 Å². The molecule has 0 spiro atoms. The predicted octanol–water partition coefficient (Wildman–Crippen LogP) is 4.31. The molecule has 0 saturated heterocycles. The van der Waals surface area contributed by atoms with Gasteiger partial charge in [-0.2, -0.15) is 0 Å². The van der Waals surface area contributed by atoms with Gasteiger partial charge >= 0.3 is 5.97 Å². The molecule has 0 amide bonds. The van der Waals surface area contributed by atoms with Crippen LogP contribution >= 0.6 is 0 Å². The Morgan fingerprint density at radius 1 is 1.25 bits per heavy atom. The lowest BCUT2D eigenvalue weighted by molar-refractivity contribution is -0.148. The highest BCUT2D eigenvalue weighted by Gasteiger charge is 2.34. The Morgan fingerprint density at radius 2 is 1.95 bits per heavy atom. The number of carbonyl (C=O) groups excluding carboxylic acids is 1. The molecule has 0 heterocycles. The molecule has 1 rings (SSSR count). The highest BCUT2D eigenvalue weighted by atomic mass is 16.5. The Morgan fingerprint density at radius 3 is 2.55 bits per heavy atom. The monoisotopic (exact) mass is 277 g/mol. The Labute approximate surface area is 122 Å². The highest BCUT2D eigenvalue weighted by Crippen LogP contribution is 2.25. The van der Waals surface area contributed by atoms with Crippen LogP contribution in [0.25, 0.3) is 0 Å². The van der Waals surface area contributed by atoms with Crippen LogP contribution < -0.4 is 5.32 Å². The van der Waals surface area contributed by atoms with E-state index in [-0.39, 0.29) is 5.97 Å². The van der Waals surface area contributed by atoms with Crippen LogP contribution in [0.4, 0.5) is 5.69 Å². The molecule has 1 unspecified atom stereocenters. The number of carbonyl (C=O) groups is 1. The first-order valence-electron chi connectivity index (χ1n) is 7.54. The number of ether oxygens (including phenoxy) is 1. The summed E-state index contributed by atoms with van der Waals surface area (Å²) in [4.78, 5) is 12.3. The second-order valence-corrected chi connectivity index (χ2v) is 5.45. The molecular formula is C17H27NO2. The summed E-state index contributed by atoms with van der Waals surface area (Å²) in [5, 5.41) is 3.39. The van der Waals surface area contributed by atoms with Crippen molar-refractivity contribution in [1.29, 1.82) is 0 Å². The fraction of sp³-hybridized carbons (Fsp3) is 0.588. The van der Waals surface area contributed by atoms with Gasteiger partial charge in [-0.15, -0.1) is 0 Å². The van der Waals surface area contributed by atoms with Crippen molar-refractivity contribution in [1.82, 2.24) is 0 Å². The third-order valence-corrected chi connectivity index (χ3v) is 3.56. The lowest BCUT2D eigenvalue weighted by Gasteiger charge is -2.30. The maximum Gasteiger partial charge on any atom is 0.331 e. The van der Waals surface area contributed by atoms with E-state index in [1.54, 1.807) is 0 Å². The topological polar surface area (TPSA) is 38.3 Å². The Balaban J connectivity index is 2.86. The van der Waals surface area contributed by atoms with Crippen molar-refractivity contribution < 1.29 is 9.53 Å². The van der Waals surface area contributed by atoms with Gasteiger partial charge in [0.15, 0.2) is 0 Å². The lowest BCUT2D eigenvalue weighted by Crippen LogP contribution is -2.45. The second kappa shape index (κ2) is 7.93. The van der Waals surface area contributed by atoms with Gasteiger partial charge in [0.1, 0.15) is 5.54 Å². The molecule has 1 N–H and O–H groups in total. The van der Waals surface area contributed by atoms with E-state index in [1.165, 1.54) is 0 Å². The van der Waals surface area contributed by atoms with Crippen LogP contribution in [0.5, 0.6) is 0 Å². The zero-order chi connectivity index (χ0) is 15.0. The zero-order valence-electron chi connectivity index (χ0n) is 13.2. The maximum absolute atomic E-state index is 12.3. The van der Waals surface area contributed by atoms with Crippen molar-refractivity contribution in [3.8, 4) is 0 Å². The Bertz CT molecular complexity index is 431. The summed E-state index contributed by atoms with van der Waals surface area (Å²) in [7, 11) is 0. The van der Waals surface area contributed by atoms with Gasteiger partial charge in [0.05, 0.1) is 6.61 Å². The van der Waals surface area contributed by atoms with Gasteiger partial charge in [0.2, 0.25) is 0 Å². The number of nitrogens with one attached hydrogen (secondary N) is 1. The predicted molar refractivity (Wildman–Crippen MR) is 84.0 cm³/mol. The molecule has 1 aromatic rings. The molecule has 1 atom stereocenters. The first-order chi connectivity index (χ1) is 9.53. The number of unbranched alkanes of at least 4 members (excludes halogenated alkanes) is 2. The maximum atomic E-state index is 12.3. The molecule has 0 aromatic heterocycles. The van der Waals surface area contributed by atoms with Gasteiger partial charge < -0.3 is 10.1 Å². The number of esters is 1. The number of rotatable bonds is 8. The molecule has 112 valence electrons. The second-order valence-electron chi connectivity index (χ2n) is 5.45. The molecular weight excluding hydrogens is 250 g/mol. The average Bonchev–Trinajstić information content (AvgIpc) is 2.42. The highest BCUT2D eigenvalue weighted by molar-refractivity contribution is 5.84. The Hall–Kier alpha value is -1.51. The van der Waals surface area contributed by atoms with E-state index in [0.29, 0.717) is 6.61 Å². The van der Waals surface area contributed by atoms with Gasteiger partial charge in [-0.3, -0.25) is 0 Å². The van der Waals surface area contributed by atoms with Crippen LogP contribution in [0.3, 0.4) is 0 Å². The fourth-order valence-corrected chi connectivity index (χ4v) is 2.24. The van der Waals surface area contributed by atoms with Crippen LogP contribution in [-0.4, -0.2) is 18.1 Å². The normalized spacial score (nSPS) is 13.6. The summed E-state index contributed by atoms with van der Waals surface area (Å²) in [6.45, 7) is 8.40. The molecule has 0 radical (unpaired) electrons. The van der Waals surface area contributed by atoms with Gasteiger partial charge in [-0.05, 0) is 38.8 Å². The van der Waals surface area contributed by atoms with E-state index < -0.39 is 5.54 Å². The molecule has 3 heteroatoms. The van der Waals surface area contributed by atoms with Crippen molar-refractivity contribution in [2.75, 3.05) is 11.9 Å². The van der Waals surface area contributed by atoms with Crippen LogP contribution in [0, 0.1) is 6.92 Å². The molecule has 0 fully saturated rings. The van der Waals surface area contributed by atoms with E-state index in [4.69, 9.17) is 4.74 Å². The minimum absolute atomic E-state index is 0.167. The van der Waals surface area contributed by atoms with Crippen LogP contribution in [0.2, 0.25) is 0 Å². The van der Waals surface area contributed by atoms with Crippen molar-refractivity contribution in [3.05, 3.63) is 29.8 Å². The molecule has 3 nitrogen and oxygen atoms in total.